The van der Waals surface area contributed by atoms with Gasteiger partial charge < -0.3 is 20.1 Å². The Morgan fingerprint density at radius 2 is 2.35 bits per heavy atom. The number of nitrogens with one attached hydrogen (secondary N) is 1. The van der Waals surface area contributed by atoms with Crippen molar-refractivity contribution in [3.63, 3.8) is 0 Å². The number of nitrogens with zero attached hydrogens (tertiary/aromatic N) is 1. The number of hydrogen-bond donors (Lipinski definition) is 2. The van der Waals surface area contributed by atoms with E-state index in [4.69, 9.17) is 4.74 Å². The van der Waals surface area contributed by atoms with Crippen molar-refractivity contribution in [1.82, 2.24) is 10.2 Å². The minimum absolute atomic E-state index is 0.0611. The second-order valence-corrected chi connectivity index (χ2v) is 6.35. The van der Waals surface area contributed by atoms with E-state index in [0.29, 0.717) is 12.3 Å². The number of carbonyl (C=O) groups excluding carboxylic acids is 1. The lowest BCUT2D eigenvalue weighted by atomic mass is 10.1. The highest BCUT2D eigenvalue weighted by molar-refractivity contribution is 7.07. The van der Waals surface area contributed by atoms with Crippen molar-refractivity contribution in [1.29, 1.82) is 0 Å². The van der Waals surface area contributed by atoms with Crippen molar-refractivity contribution >= 4 is 17.4 Å². The quantitative estimate of drug-likeness (QED) is 0.901. The monoisotopic (exact) mass is 332 g/mol. The third-order valence-corrected chi connectivity index (χ3v) is 4.83. The highest BCUT2D eigenvalue weighted by Gasteiger charge is 2.29. The lowest BCUT2D eigenvalue weighted by Crippen LogP contribution is -2.39. The molecule has 1 atom stereocenters. The first-order chi connectivity index (χ1) is 11.2. The fourth-order valence-corrected chi connectivity index (χ4v) is 3.65. The molecule has 0 saturated carbocycles. The summed E-state index contributed by atoms with van der Waals surface area (Å²) in [4.78, 5) is 14.4. The molecule has 0 unspecified atom stereocenters. The minimum Gasteiger partial charge on any atom is -0.504 e. The second-order valence-electron chi connectivity index (χ2n) is 5.57. The van der Waals surface area contributed by atoms with Gasteiger partial charge in [0, 0.05) is 13.1 Å². The molecule has 2 heterocycles. The maximum Gasteiger partial charge on any atom is 0.318 e. The summed E-state index contributed by atoms with van der Waals surface area (Å²) in [6.07, 6.45) is 2.03. The number of ether oxygens (including phenoxy) is 1. The molecule has 1 aliphatic heterocycles. The van der Waals surface area contributed by atoms with Crippen molar-refractivity contribution in [3.8, 4) is 11.5 Å². The van der Waals surface area contributed by atoms with E-state index in [2.05, 4.69) is 16.8 Å². The van der Waals surface area contributed by atoms with E-state index >= 15 is 0 Å². The van der Waals surface area contributed by atoms with Gasteiger partial charge in [0.15, 0.2) is 11.5 Å². The fourth-order valence-electron chi connectivity index (χ4n) is 2.95. The molecular weight excluding hydrogens is 312 g/mol. The number of phenols is 1. The maximum atomic E-state index is 12.5. The molecule has 1 aromatic heterocycles. The molecule has 2 N–H and O–H groups in total. The average Bonchev–Trinajstić information content (AvgIpc) is 3.23. The molecule has 1 saturated heterocycles. The van der Waals surface area contributed by atoms with Crippen LogP contribution >= 0.6 is 11.3 Å². The Morgan fingerprint density at radius 1 is 1.48 bits per heavy atom. The van der Waals surface area contributed by atoms with Crippen LogP contribution in [0.5, 0.6) is 11.5 Å². The molecule has 23 heavy (non-hydrogen) atoms. The normalized spacial score (nSPS) is 17.3. The van der Waals surface area contributed by atoms with Crippen molar-refractivity contribution in [2.75, 3.05) is 13.7 Å². The highest BCUT2D eigenvalue weighted by atomic mass is 32.1. The van der Waals surface area contributed by atoms with E-state index in [1.165, 1.54) is 12.7 Å². The standard InChI is InChI=1S/C17H20N2O3S/c1-22-16-5-4-12(9-15(16)20)10-18-17(21)19-7-2-3-14(19)13-6-8-23-11-13/h4-6,8-9,11,14,20H,2-3,7,10H2,1H3,(H,18,21)/t14-/m1/s1. The SMILES string of the molecule is COc1ccc(CNC(=O)N2CCC[C@@H]2c2ccsc2)cc1O. The molecule has 2 aromatic rings. The first-order valence-corrected chi connectivity index (χ1v) is 8.56. The Hall–Kier alpha value is -2.21. The first-order valence-electron chi connectivity index (χ1n) is 7.61. The Labute approximate surface area is 139 Å². The number of amides is 2. The van der Waals surface area contributed by atoms with Crippen LogP contribution in [-0.4, -0.2) is 29.7 Å². The van der Waals surface area contributed by atoms with Crippen LogP contribution in [0.3, 0.4) is 0 Å². The van der Waals surface area contributed by atoms with Crippen LogP contribution in [0.4, 0.5) is 4.79 Å². The van der Waals surface area contributed by atoms with Crippen molar-refractivity contribution in [2.45, 2.75) is 25.4 Å². The zero-order valence-corrected chi connectivity index (χ0v) is 13.8. The van der Waals surface area contributed by atoms with Gasteiger partial charge in [-0.2, -0.15) is 11.3 Å². The van der Waals surface area contributed by atoms with Gasteiger partial charge in [-0.05, 0) is 52.9 Å². The van der Waals surface area contributed by atoms with Gasteiger partial charge in [-0.3, -0.25) is 0 Å². The number of phenolic OH excluding ortho intramolecular Hbond substituents is 1. The smallest absolute Gasteiger partial charge is 0.318 e. The van der Waals surface area contributed by atoms with E-state index in [9.17, 15) is 9.90 Å². The Morgan fingerprint density at radius 3 is 3.04 bits per heavy atom. The summed E-state index contributed by atoms with van der Waals surface area (Å²) in [5.41, 5.74) is 2.05. The summed E-state index contributed by atoms with van der Waals surface area (Å²) < 4.78 is 5.02. The summed E-state index contributed by atoms with van der Waals surface area (Å²) in [7, 11) is 1.51. The van der Waals surface area contributed by atoms with E-state index in [-0.39, 0.29) is 17.8 Å². The molecule has 6 heteroatoms. The topological polar surface area (TPSA) is 61.8 Å². The number of likely N-dealkylation sites (tertiary alicyclic amines) is 1. The summed E-state index contributed by atoms with van der Waals surface area (Å²) >= 11 is 1.66. The van der Waals surface area contributed by atoms with Gasteiger partial charge in [0.05, 0.1) is 13.2 Å². The van der Waals surface area contributed by atoms with E-state index in [0.717, 1.165) is 24.9 Å². The van der Waals surface area contributed by atoms with Crippen LogP contribution in [0, 0.1) is 0 Å². The van der Waals surface area contributed by atoms with Crippen molar-refractivity contribution < 1.29 is 14.6 Å². The number of hydrogen-bond acceptors (Lipinski definition) is 4. The van der Waals surface area contributed by atoms with Gasteiger partial charge in [0.2, 0.25) is 0 Å². The van der Waals surface area contributed by atoms with E-state index in [1.54, 1.807) is 23.5 Å². The van der Waals surface area contributed by atoms with Gasteiger partial charge in [-0.15, -0.1) is 0 Å². The van der Waals surface area contributed by atoms with Crippen molar-refractivity contribution in [2.24, 2.45) is 0 Å². The number of benzene rings is 1. The van der Waals surface area contributed by atoms with Gasteiger partial charge in [-0.25, -0.2) is 4.79 Å². The summed E-state index contributed by atoms with van der Waals surface area (Å²) in [6, 6.07) is 7.33. The molecule has 0 aliphatic carbocycles. The Kier molecular flexibility index (Phi) is 4.71. The molecule has 0 radical (unpaired) electrons. The van der Waals surface area contributed by atoms with Crippen LogP contribution < -0.4 is 10.1 Å². The molecule has 0 spiro atoms. The number of rotatable bonds is 4. The van der Waals surface area contributed by atoms with Crippen LogP contribution in [0.1, 0.15) is 30.0 Å². The predicted molar refractivity (Wildman–Crippen MR) is 89.9 cm³/mol. The molecule has 3 rings (SSSR count). The van der Waals surface area contributed by atoms with Gasteiger partial charge in [0.25, 0.3) is 0 Å². The lowest BCUT2D eigenvalue weighted by Gasteiger charge is -2.24. The number of aromatic hydroxyl groups is 1. The summed E-state index contributed by atoms with van der Waals surface area (Å²) in [6.45, 7) is 1.16. The Balaban J connectivity index is 1.62. The molecule has 122 valence electrons. The number of thiophene rings is 1. The van der Waals surface area contributed by atoms with Crippen LogP contribution in [-0.2, 0) is 6.54 Å². The molecule has 1 aromatic carbocycles. The van der Waals surface area contributed by atoms with Crippen LogP contribution in [0.15, 0.2) is 35.0 Å². The van der Waals surface area contributed by atoms with Gasteiger partial charge in [-0.1, -0.05) is 6.07 Å². The third kappa shape index (κ3) is 3.42. The largest absolute Gasteiger partial charge is 0.504 e. The molecule has 2 amide bonds. The lowest BCUT2D eigenvalue weighted by molar-refractivity contribution is 0.192. The highest BCUT2D eigenvalue weighted by Crippen LogP contribution is 2.33. The van der Waals surface area contributed by atoms with E-state index in [1.807, 2.05) is 16.3 Å². The van der Waals surface area contributed by atoms with Crippen LogP contribution in [0.25, 0.3) is 0 Å². The number of carbonyl (C=O) groups is 1. The maximum absolute atomic E-state index is 12.5. The van der Waals surface area contributed by atoms with Gasteiger partial charge >= 0.3 is 6.03 Å². The second kappa shape index (κ2) is 6.91. The molecule has 0 bridgehead atoms. The van der Waals surface area contributed by atoms with Crippen molar-refractivity contribution in [3.05, 3.63) is 46.2 Å². The zero-order valence-electron chi connectivity index (χ0n) is 13.0. The molecule has 1 fully saturated rings. The first kappa shape index (κ1) is 15.7. The minimum atomic E-state index is -0.0611. The van der Waals surface area contributed by atoms with Gasteiger partial charge in [0.1, 0.15) is 0 Å². The number of methoxy groups -OCH3 is 1. The summed E-state index contributed by atoms with van der Waals surface area (Å²) in [5.74, 6) is 0.508. The molecule has 1 aliphatic rings. The Bertz CT molecular complexity index is 672. The number of urea groups is 1. The summed E-state index contributed by atoms with van der Waals surface area (Å²) in [5, 5.41) is 16.9. The van der Waals surface area contributed by atoms with E-state index < -0.39 is 0 Å². The molecular formula is C17H20N2O3S. The fraction of sp³-hybridized carbons (Fsp3) is 0.353. The van der Waals surface area contributed by atoms with Crippen LogP contribution in [0.2, 0.25) is 0 Å². The third-order valence-electron chi connectivity index (χ3n) is 4.13. The average molecular weight is 332 g/mol. The molecule has 5 nitrogen and oxygen atoms in total. The zero-order chi connectivity index (χ0) is 16.2. The predicted octanol–water partition coefficient (Wildman–Crippen LogP) is 3.51.